The van der Waals surface area contributed by atoms with Crippen molar-refractivity contribution in [2.75, 3.05) is 57.4 Å². The molecular formula is C17H27N3O4S. The number of rotatable bonds is 7. The Morgan fingerprint density at radius 3 is 2.52 bits per heavy atom. The van der Waals surface area contributed by atoms with Crippen LogP contribution in [0.5, 0.6) is 5.75 Å². The number of nitrogens with zero attached hydrogens (tertiary/aromatic N) is 3. The van der Waals surface area contributed by atoms with E-state index in [4.69, 9.17) is 4.74 Å². The number of methoxy groups -OCH3 is 1. The number of carbonyl (C=O) groups excluding carboxylic acids is 1. The van der Waals surface area contributed by atoms with Crippen LogP contribution in [0.25, 0.3) is 0 Å². The Morgan fingerprint density at radius 1 is 1.24 bits per heavy atom. The summed E-state index contributed by atoms with van der Waals surface area (Å²) in [5, 5.41) is 0. The average Bonchev–Trinajstić information content (AvgIpc) is 2.58. The van der Waals surface area contributed by atoms with Crippen LogP contribution in [-0.2, 0) is 14.8 Å². The van der Waals surface area contributed by atoms with Crippen molar-refractivity contribution in [1.82, 2.24) is 9.80 Å². The van der Waals surface area contributed by atoms with Crippen LogP contribution >= 0.6 is 0 Å². The summed E-state index contributed by atoms with van der Waals surface area (Å²) in [5.74, 6) is 0.687. The molecule has 1 amide bonds. The minimum atomic E-state index is -3.43. The molecule has 1 aromatic carbocycles. The zero-order valence-corrected chi connectivity index (χ0v) is 16.0. The third kappa shape index (κ3) is 5.61. The van der Waals surface area contributed by atoms with Crippen LogP contribution in [0.1, 0.15) is 12.8 Å². The van der Waals surface area contributed by atoms with E-state index in [1.807, 2.05) is 11.9 Å². The quantitative estimate of drug-likeness (QED) is 0.718. The number of likely N-dealkylation sites (N-methyl/N-ethyl adjacent to an activating group) is 1. The van der Waals surface area contributed by atoms with Gasteiger partial charge in [-0.2, -0.15) is 0 Å². The van der Waals surface area contributed by atoms with Crippen LogP contribution in [0.4, 0.5) is 5.69 Å². The lowest BCUT2D eigenvalue weighted by molar-refractivity contribution is -0.132. The molecule has 1 heterocycles. The highest BCUT2D eigenvalue weighted by Gasteiger charge is 2.21. The Labute approximate surface area is 150 Å². The second-order valence-corrected chi connectivity index (χ2v) is 8.23. The summed E-state index contributed by atoms with van der Waals surface area (Å²) >= 11 is 0. The molecule has 0 N–H and O–H groups in total. The number of hydrogen-bond donors (Lipinski definition) is 0. The molecular weight excluding hydrogens is 342 g/mol. The molecule has 7 nitrogen and oxygen atoms in total. The fourth-order valence-electron chi connectivity index (χ4n) is 2.84. The third-order valence-electron chi connectivity index (χ3n) is 4.35. The van der Waals surface area contributed by atoms with Crippen LogP contribution in [0.2, 0.25) is 0 Å². The molecule has 0 radical (unpaired) electrons. The topological polar surface area (TPSA) is 70.2 Å². The van der Waals surface area contributed by atoms with E-state index in [9.17, 15) is 13.2 Å². The second kappa shape index (κ2) is 8.53. The van der Waals surface area contributed by atoms with Gasteiger partial charge in [0.05, 0.1) is 19.1 Å². The first-order valence-electron chi connectivity index (χ1n) is 8.39. The largest absolute Gasteiger partial charge is 0.497 e. The number of carbonyl (C=O) groups is 1. The summed E-state index contributed by atoms with van der Waals surface area (Å²) < 4.78 is 30.7. The highest BCUT2D eigenvalue weighted by Crippen LogP contribution is 2.23. The van der Waals surface area contributed by atoms with Crippen molar-refractivity contribution in [2.45, 2.75) is 12.8 Å². The van der Waals surface area contributed by atoms with Crippen molar-refractivity contribution >= 4 is 21.6 Å². The van der Waals surface area contributed by atoms with Crippen LogP contribution in [0.15, 0.2) is 24.3 Å². The number of anilines is 1. The first kappa shape index (κ1) is 19.5. The van der Waals surface area contributed by atoms with Gasteiger partial charge in [0.25, 0.3) is 0 Å². The van der Waals surface area contributed by atoms with Crippen molar-refractivity contribution in [3.63, 3.8) is 0 Å². The van der Waals surface area contributed by atoms with E-state index in [-0.39, 0.29) is 12.5 Å². The fraction of sp³-hybridized carbons (Fsp3) is 0.588. The molecule has 0 aromatic heterocycles. The highest BCUT2D eigenvalue weighted by atomic mass is 32.2. The number of benzene rings is 1. The van der Waals surface area contributed by atoms with Crippen LogP contribution < -0.4 is 9.04 Å². The van der Waals surface area contributed by atoms with Gasteiger partial charge in [-0.1, -0.05) is 6.07 Å². The molecule has 0 bridgehead atoms. The molecule has 1 aliphatic rings. The summed E-state index contributed by atoms with van der Waals surface area (Å²) in [6, 6.07) is 6.93. The first-order chi connectivity index (χ1) is 11.8. The third-order valence-corrected chi connectivity index (χ3v) is 5.54. The minimum absolute atomic E-state index is 0.0900. The van der Waals surface area contributed by atoms with Gasteiger partial charge in [0.2, 0.25) is 15.9 Å². The van der Waals surface area contributed by atoms with E-state index in [1.165, 1.54) is 10.6 Å². The Morgan fingerprint density at radius 2 is 1.92 bits per heavy atom. The molecule has 8 heteroatoms. The number of hydrogen-bond acceptors (Lipinski definition) is 5. The lowest BCUT2D eigenvalue weighted by atomic mass is 10.2. The van der Waals surface area contributed by atoms with Crippen molar-refractivity contribution in [1.29, 1.82) is 0 Å². The molecule has 0 aliphatic carbocycles. The normalized spacial score (nSPS) is 15.9. The monoisotopic (exact) mass is 369 g/mol. The molecule has 1 aromatic rings. The van der Waals surface area contributed by atoms with Gasteiger partial charge >= 0.3 is 0 Å². The average molecular weight is 369 g/mol. The van der Waals surface area contributed by atoms with Gasteiger partial charge in [-0.25, -0.2) is 8.42 Å². The van der Waals surface area contributed by atoms with Crippen LogP contribution in [-0.4, -0.2) is 77.3 Å². The number of sulfonamides is 1. The maximum Gasteiger partial charge on any atom is 0.232 e. The van der Waals surface area contributed by atoms with Gasteiger partial charge in [0.1, 0.15) is 5.75 Å². The summed E-state index contributed by atoms with van der Waals surface area (Å²) in [6.07, 6.45) is 2.00. The maximum absolute atomic E-state index is 12.3. The van der Waals surface area contributed by atoms with Crippen LogP contribution in [0.3, 0.4) is 0 Å². The molecule has 0 saturated carbocycles. The van der Waals surface area contributed by atoms with E-state index in [0.29, 0.717) is 24.3 Å². The molecule has 1 saturated heterocycles. The van der Waals surface area contributed by atoms with Crippen molar-refractivity contribution in [2.24, 2.45) is 0 Å². The molecule has 0 spiro atoms. The Bertz CT molecular complexity index is 685. The van der Waals surface area contributed by atoms with Gasteiger partial charge in [-0.15, -0.1) is 0 Å². The van der Waals surface area contributed by atoms with E-state index in [1.54, 1.807) is 31.4 Å². The smallest absolute Gasteiger partial charge is 0.232 e. The predicted octanol–water partition coefficient (Wildman–Crippen LogP) is 1.02. The SMILES string of the molecule is COc1cccc(N(CCCC(=O)N2CCN(C)CC2)S(C)(=O)=O)c1. The Balaban J connectivity index is 1.95. The molecule has 25 heavy (non-hydrogen) atoms. The number of piperazine rings is 1. The van der Waals surface area contributed by atoms with E-state index in [2.05, 4.69) is 4.90 Å². The number of amides is 1. The van der Waals surface area contributed by atoms with Crippen LogP contribution in [0, 0.1) is 0 Å². The molecule has 0 atom stereocenters. The molecule has 0 unspecified atom stereocenters. The van der Waals surface area contributed by atoms with Crippen molar-refractivity contribution in [3.8, 4) is 5.75 Å². The van der Waals surface area contributed by atoms with Gasteiger partial charge in [0.15, 0.2) is 0 Å². The van der Waals surface area contributed by atoms with Crippen molar-refractivity contribution in [3.05, 3.63) is 24.3 Å². The van der Waals surface area contributed by atoms with Gasteiger partial charge in [-0.05, 0) is 25.6 Å². The fourth-order valence-corrected chi connectivity index (χ4v) is 3.80. The summed E-state index contributed by atoms with van der Waals surface area (Å²) in [7, 11) is 0.155. The summed E-state index contributed by atoms with van der Waals surface area (Å²) in [5.41, 5.74) is 0.550. The van der Waals surface area contributed by atoms with E-state index < -0.39 is 10.0 Å². The summed E-state index contributed by atoms with van der Waals surface area (Å²) in [6.45, 7) is 3.50. The lowest BCUT2D eigenvalue weighted by Crippen LogP contribution is -2.47. The number of ether oxygens (including phenoxy) is 1. The standard InChI is InChI=1S/C17H27N3O4S/c1-18-10-12-19(13-11-18)17(21)8-5-9-20(25(3,22)23)15-6-4-7-16(14-15)24-2/h4,6-7,14H,5,8-13H2,1-3H3. The van der Waals surface area contributed by atoms with E-state index >= 15 is 0 Å². The van der Waals surface area contributed by atoms with Gasteiger partial charge < -0.3 is 14.5 Å². The van der Waals surface area contributed by atoms with Gasteiger partial charge in [-0.3, -0.25) is 9.10 Å². The Hall–Kier alpha value is -1.80. The highest BCUT2D eigenvalue weighted by molar-refractivity contribution is 7.92. The minimum Gasteiger partial charge on any atom is -0.497 e. The molecule has 140 valence electrons. The maximum atomic E-state index is 12.3. The van der Waals surface area contributed by atoms with Crippen molar-refractivity contribution < 1.29 is 17.9 Å². The first-order valence-corrected chi connectivity index (χ1v) is 10.2. The zero-order valence-electron chi connectivity index (χ0n) is 15.1. The lowest BCUT2D eigenvalue weighted by Gasteiger charge is -2.32. The second-order valence-electron chi connectivity index (χ2n) is 6.32. The zero-order chi connectivity index (χ0) is 18.4. The predicted molar refractivity (Wildman–Crippen MR) is 98.5 cm³/mol. The van der Waals surface area contributed by atoms with Gasteiger partial charge in [0, 0.05) is 45.2 Å². The molecule has 1 aliphatic heterocycles. The Kier molecular flexibility index (Phi) is 6.66. The molecule has 1 fully saturated rings. The summed E-state index contributed by atoms with van der Waals surface area (Å²) in [4.78, 5) is 16.3. The molecule has 2 rings (SSSR count). The van der Waals surface area contributed by atoms with E-state index in [0.717, 1.165) is 26.2 Å².